The summed E-state index contributed by atoms with van der Waals surface area (Å²) in [5.41, 5.74) is 13.8. The highest BCUT2D eigenvalue weighted by atomic mass is 16.3. The molecule has 0 amide bonds. The molecule has 1 unspecified atom stereocenters. The maximum atomic E-state index is 14.1. The second kappa shape index (κ2) is 18.2. The predicted molar refractivity (Wildman–Crippen MR) is 218 cm³/mol. The van der Waals surface area contributed by atoms with Gasteiger partial charge in [0.25, 0.3) is 5.56 Å². The van der Waals surface area contributed by atoms with Crippen LogP contribution in [0.25, 0.3) is 33.6 Å². The van der Waals surface area contributed by atoms with E-state index in [-0.39, 0.29) is 18.1 Å². The molecule has 1 aliphatic carbocycles. The summed E-state index contributed by atoms with van der Waals surface area (Å²) in [4.78, 5) is 23.2. The summed E-state index contributed by atoms with van der Waals surface area (Å²) in [5.74, 6) is 0.914. The smallest absolute Gasteiger partial charge is 0.277 e. The minimum atomic E-state index is -0.213. The van der Waals surface area contributed by atoms with Gasteiger partial charge >= 0.3 is 0 Å². The molecule has 0 bridgehead atoms. The fourth-order valence-corrected chi connectivity index (χ4v) is 6.03. The van der Waals surface area contributed by atoms with E-state index >= 15 is 0 Å². The van der Waals surface area contributed by atoms with Gasteiger partial charge in [0.2, 0.25) is 0 Å². The minimum Gasteiger partial charge on any atom is -0.456 e. The second-order valence-corrected chi connectivity index (χ2v) is 13.7. The van der Waals surface area contributed by atoms with Crippen LogP contribution >= 0.6 is 0 Å². The van der Waals surface area contributed by atoms with Crippen LogP contribution in [0, 0.1) is 0 Å². The van der Waals surface area contributed by atoms with E-state index in [1.807, 2.05) is 68.7 Å². The van der Waals surface area contributed by atoms with Crippen LogP contribution in [-0.4, -0.2) is 21.1 Å². The van der Waals surface area contributed by atoms with E-state index in [9.17, 15) is 4.79 Å². The molecule has 272 valence electrons. The van der Waals surface area contributed by atoms with Crippen LogP contribution in [0.3, 0.4) is 0 Å². The number of hydrogen-bond donors (Lipinski definition) is 3. The average Bonchev–Trinajstić information content (AvgIpc) is 3.50. The van der Waals surface area contributed by atoms with Crippen LogP contribution in [0.5, 0.6) is 0 Å². The molecule has 1 saturated carbocycles. The Labute approximate surface area is 308 Å². The lowest BCUT2D eigenvalue weighted by Gasteiger charge is -2.20. The SMILES string of the molecule is C1CCC1.C=C(Cn1c(C(/C=C/CC)=C/N)ncc(NC(C)c2ccc3oc4ccccc4c3c2)c1=O)NC/C(C)=C/c1cnccc1[C@H](C)CC. The van der Waals surface area contributed by atoms with Crippen LogP contribution in [-0.2, 0) is 6.54 Å². The number of furan rings is 1. The lowest BCUT2D eigenvalue weighted by Crippen LogP contribution is -2.31. The van der Waals surface area contributed by atoms with Crippen molar-refractivity contribution >= 4 is 39.3 Å². The molecule has 6 rings (SSSR count). The van der Waals surface area contributed by atoms with Gasteiger partial charge in [-0.25, -0.2) is 4.98 Å². The fourth-order valence-electron chi connectivity index (χ4n) is 6.03. The number of fused-ring (bicyclic) bond motifs is 3. The molecule has 3 heterocycles. The van der Waals surface area contributed by atoms with Crippen molar-refractivity contribution in [3.05, 3.63) is 136 Å². The van der Waals surface area contributed by atoms with Crippen molar-refractivity contribution < 1.29 is 4.42 Å². The number of nitrogens with two attached hydrogens (primary N) is 1. The van der Waals surface area contributed by atoms with Gasteiger partial charge in [-0.05, 0) is 73.6 Å². The van der Waals surface area contributed by atoms with E-state index in [1.165, 1.54) is 37.4 Å². The van der Waals surface area contributed by atoms with Gasteiger partial charge in [-0.15, -0.1) is 0 Å². The van der Waals surface area contributed by atoms with Gasteiger partial charge < -0.3 is 20.8 Å². The first-order chi connectivity index (χ1) is 25.2. The summed E-state index contributed by atoms with van der Waals surface area (Å²) in [6, 6.07) is 16.0. The number of hydrogen-bond acceptors (Lipinski definition) is 7. The Morgan fingerprint density at radius 2 is 1.79 bits per heavy atom. The van der Waals surface area contributed by atoms with Crippen molar-refractivity contribution in [3.8, 4) is 0 Å². The zero-order chi connectivity index (χ0) is 37.0. The Balaban J connectivity index is 0.00000122. The average molecular weight is 699 g/mol. The van der Waals surface area contributed by atoms with E-state index in [0.717, 1.165) is 51.5 Å². The van der Waals surface area contributed by atoms with Crippen LogP contribution in [0.15, 0.2) is 113 Å². The van der Waals surface area contributed by atoms with Crippen molar-refractivity contribution in [2.75, 3.05) is 11.9 Å². The van der Waals surface area contributed by atoms with Crippen molar-refractivity contribution in [1.29, 1.82) is 0 Å². The summed E-state index contributed by atoms with van der Waals surface area (Å²) < 4.78 is 7.63. The predicted octanol–water partition coefficient (Wildman–Crippen LogP) is 10.3. The quantitative estimate of drug-likeness (QED) is 0.0990. The van der Waals surface area contributed by atoms with E-state index in [2.05, 4.69) is 67.2 Å². The van der Waals surface area contributed by atoms with Gasteiger partial charge in [-0.3, -0.25) is 14.3 Å². The topological polar surface area (TPSA) is 111 Å². The summed E-state index contributed by atoms with van der Waals surface area (Å²) in [6.07, 6.45) is 20.8. The molecule has 8 nitrogen and oxygen atoms in total. The third-order valence-electron chi connectivity index (χ3n) is 9.69. The molecular weight excluding hydrogens is 645 g/mol. The molecule has 2 aromatic carbocycles. The van der Waals surface area contributed by atoms with Crippen LogP contribution < -0.4 is 21.9 Å². The maximum absolute atomic E-state index is 14.1. The normalized spacial score (nSPS) is 14.5. The lowest BCUT2D eigenvalue weighted by molar-refractivity contribution is 0.504. The number of benzene rings is 2. The highest BCUT2D eigenvalue weighted by Gasteiger charge is 2.17. The molecular formula is C44H54N6O2. The number of allylic oxidation sites excluding steroid dienone is 4. The number of rotatable bonds is 14. The number of nitrogens with one attached hydrogen (secondary N) is 2. The third-order valence-corrected chi connectivity index (χ3v) is 9.69. The second-order valence-electron chi connectivity index (χ2n) is 13.7. The molecule has 3 aromatic heterocycles. The first-order valence-corrected chi connectivity index (χ1v) is 18.6. The Morgan fingerprint density at radius 1 is 1.04 bits per heavy atom. The van der Waals surface area contributed by atoms with E-state index in [0.29, 0.717) is 35.2 Å². The Hall–Kier alpha value is -5.37. The van der Waals surface area contributed by atoms with Gasteiger partial charge in [-0.2, -0.15) is 0 Å². The number of para-hydroxylation sites is 1. The first kappa shape index (κ1) is 37.9. The molecule has 0 spiro atoms. The summed E-state index contributed by atoms with van der Waals surface area (Å²) >= 11 is 0. The third kappa shape index (κ3) is 9.29. The van der Waals surface area contributed by atoms with Gasteiger partial charge in [-0.1, -0.05) is 101 Å². The number of pyridine rings is 1. The zero-order valence-electron chi connectivity index (χ0n) is 31.4. The Bertz CT molecular complexity index is 2130. The van der Waals surface area contributed by atoms with Crippen LogP contribution in [0.4, 0.5) is 5.69 Å². The van der Waals surface area contributed by atoms with Crippen molar-refractivity contribution in [2.24, 2.45) is 5.73 Å². The molecule has 0 saturated heterocycles. The van der Waals surface area contributed by atoms with Gasteiger partial charge in [0, 0.05) is 53.2 Å². The Kier molecular flexibility index (Phi) is 13.3. The molecule has 0 aliphatic heterocycles. The molecule has 52 heavy (non-hydrogen) atoms. The molecule has 0 radical (unpaired) electrons. The standard InChI is InChI=1S/C40H46N6O2.C4H8/c1-7-9-12-31(21-41)39-44-24-36(45-29(6)30-15-16-38-35(20-30)34-13-10-11-14-37(34)48-38)40(47)46(39)25-28(5)43-22-26(3)19-32-23-42-18-17-33(32)27(4)8-2;1-2-4-3-1/h9-21,23-24,27,29,43,45H,5,7-8,22,25,41H2,1-4,6H3;1-4H2/b12-9+,26-19+,31-21+;/t27-,29?;/m1./s1. The molecule has 4 N–H and O–H groups in total. The van der Waals surface area contributed by atoms with Gasteiger partial charge in [0.05, 0.1) is 12.7 Å². The molecule has 5 aromatic rings. The maximum Gasteiger partial charge on any atom is 0.277 e. The monoisotopic (exact) mass is 698 g/mol. The van der Waals surface area contributed by atoms with E-state index < -0.39 is 0 Å². The first-order valence-electron chi connectivity index (χ1n) is 18.6. The Morgan fingerprint density at radius 3 is 2.50 bits per heavy atom. The number of anilines is 1. The van der Waals surface area contributed by atoms with E-state index in [4.69, 9.17) is 15.1 Å². The summed E-state index contributed by atoms with van der Waals surface area (Å²) in [7, 11) is 0. The van der Waals surface area contributed by atoms with Gasteiger partial charge in [0.1, 0.15) is 22.7 Å². The van der Waals surface area contributed by atoms with Crippen molar-refractivity contribution in [3.63, 3.8) is 0 Å². The molecule has 1 fully saturated rings. The highest BCUT2D eigenvalue weighted by Crippen LogP contribution is 2.31. The van der Waals surface area contributed by atoms with Crippen molar-refractivity contribution in [2.45, 2.75) is 91.6 Å². The number of nitrogens with zero attached hydrogens (tertiary/aromatic N) is 3. The highest BCUT2D eigenvalue weighted by molar-refractivity contribution is 6.05. The lowest BCUT2D eigenvalue weighted by atomic mass is 9.94. The van der Waals surface area contributed by atoms with Crippen LogP contribution in [0.2, 0.25) is 0 Å². The molecule has 1 aliphatic rings. The number of aromatic nitrogens is 3. The minimum absolute atomic E-state index is 0.178. The van der Waals surface area contributed by atoms with Gasteiger partial charge in [0.15, 0.2) is 0 Å². The summed E-state index contributed by atoms with van der Waals surface area (Å²) in [5, 5.41) is 8.92. The molecule has 2 atom stereocenters. The zero-order valence-corrected chi connectivity index (χ0v) is 31.4. The fraction of sp³-hybridized carbons (Fsp3) is 0.341. The largest absolute Gasteiger partial charge is 0.456 e. The summed E-state index contributed by atoms with van der Waals surface area (Å²) in [6.45, 7) is 15.6. The van der Waals surface area contributed by atoms with Crippen LogP contribution in [0.1, 0.15) is 108 Å². The van der Waals surface area contributed by atoms with Crippen molar-refractivity contribution in [1.82, 2.24) is 19.9 Å². The molecule has 8 heteroatoms. The van der Waals surface area contributed by atoms with E-state index in [1.54, 1.807) is 10.8 Å².